The average Bonchev–Trinajstić information content (AvgIpc) is 3.32. The molecule has 5 aromatic rings. The molecule has 39 heavy (non-hydrogen) atoms. The quantitative estimate of drug-likeness (QED) is 0.135. The van der Waals surface area contributed by atoms with Crippen molar-refractivity contribution < 1.29 is 36.2 Å². The van der Waals surface area contributed by atoms with Gasteiger partial charge in [0, 0.05) is 40.8 Å². The Hall–Kier alpha value is -5.08. The number of fused-ring (bicyclic) bond motifs is 3. The molecule has 15 heteroatoms. The topological polar surface area (TPSA) is 116 Å². The molecule has 0 N–H and O–H groups in total. The van der Waals surface area contributed by atoms with E-state index in [0.717, 1.165) is 34.7 Å². The number of nitro benzene ring substituents is 2. The van der Waals surface area contributed by atoms with Crippen LogP contribution in [0.5, 0.6) is 0 Å². The number of aromatic nitrogens is 3. The number of nitrogens with zero attached hydrogens (tertiary/aromatic N) is 5. The van der Waals surface area contributed by atoms with E-state index in [0.29, 0.717) is 0 Å². The van der Waals surface area contributed by atoms with E-state index < -0.39 is 44.5 Å². The van der Waals surface area contributed by atoms with Gasteiger partial charge in [-0.05, 0) is 42.0 Å². The maximum Gasteiger partial charge on any atom is 0.433 e. The van der Waals surface area contributed by atoms with E-state index in [-0.39, 0.29) is 45.5 Å². The highest BCUT2D eigenvalue weighted by atomic mass is 19.4. The number of pyridine rings is 2. The molecule has 0 bridgehead atoms. The molecule has 2 aromatic carbocycles. The van der Waals surface area contributed by atoms with Crippen molar-refractivity contribution in [3.63, 3.8) is 0 Å². The minimum atomic E-state index is -5.22. The second kappa shape index (κ2) is 8.75. The first-order chi connectivity index (χ1) is 18.3. The summed E-state index contributed by atoms with van der Waals surface area (Å²) in [6.07, 6.45) is -9.25. The summed E-state index contributed by atoms with van der Waals surface area (Å²) < 4.78 is 84.1. The number of nitro groups is 2. The van der Waals surface area contributed by atoms with Gasteiger partial charge in [-0.1, -0.05) is 0 Å². The number of alkyl halides is 6. The van der Waals surface area contributed by atoms with Gasteiger partial charge in [0.25, 0.3) is 11.4 Å². The van der Waals surface area contributed by atoms with Crippen LogP contribution in [0.3, 0.4) is 0 Å². The van der Waals surface area contributed by atoms with Crippen molar-refractivity contribution in [1.82, 2.24) is 14.4 Å². The van der Waals surface area contributed by atoms with E-state index in [9.17, 15) is 46.6 Å². The molecule has 0 saturated heterocycles. The predicted octanol–water partition coefficient (Wildman–Crippen LogP) is 7.07. The largest absolute Gasteiger partial charge is 0.433 e. The van der Waals surface area contributed by atoms with Crippen molar-refractivity contribution in [3.8, 4) is 22.4 Å². The fraction of sp³-hybridized carbons (Fsp3) is 0.0833. The fourth-order valence-corrected chi connectivity index (χ4v) is 4.13. The summed E-state index contributed by atoms with van der Waals surface area (Å²) in [7, 11) is 0. The molecule has 0 radical (unpaired) electrons. The van der Waals surface area contributed by atoms with E-state index in [1.54, 1.807) is 0 Å². The van der Waals surface area contributed by atoms with Crippen LogP contribution in [0.15, 0.2) is 66.9 Å². The van der Waals surface area contributed by atoms with Crippen LogP contribution in [0.25, 0.3) is 39.1 Å². The van der Waals surface area contributed by atoms with Gasteiger partial charge in [-0.3, -0.25) is 24.6 Å². The Balaban J connectivity index is 1.92. The number of hydrogen-bond donors (Lipinski definition) is 0. The highest BCUT2D eigenvalue weighted by Gasteiger charge is 2.40. The molecule has 0 aliphatic heterocycles. The third kappa shape index (κ3) is 4.47. The number of halogens is 6. The number of imidazole rings is 1. The molecule has 0 saturated carbocycles. The molecular weight excluding hydrogens is 536 g/mol. The summed E-state index contributed by atoms with van der Waals surface area (Å²) in [5, 5.41) is 21.4. The molecule has 3 heterocycles. The van der Waals surface area contributed by atoms with Crippen LogP contribution >= 0.6 is 0 Å². The van der Waals surface area contributed by atoms with Gasteiger partial charge in [0.2, 0.25) is 0 Å². The summed E-state index contributed by atoms with van der Waals surface area (Å²) >= 11 is 0. The summed E-state index contributed by atoms with van der Waals surface area (Å²) in [6, 6.07) is 10.4. The van der Waals surface area contributed by atoms with Gasteiger partial charge >= 0.3 is 12.4 Å². The van der Waals surface area contributed by atoms with Gasteiger partial charge in [-0.15, -0.1) is 0 Å². The Bertz CT molecular complexity index is 1780. The Morgan fingerprint density at radius 1 is 0.718 bits per heavy atom. The van der Waals surface area contributed by atoms with Gasteiger partial charge in [0.1, 0.15) is 17.0 Å². The second-order valence-corrected chi connectivity index (χ2v) is 8.26. The summed E-state index contributed by atoms with van der Waals surface area (Å²) in [5.41, 5.74) is -4.34. The molecule has 0 amide bonds. The van der Waals surface area contributed by atoms with Crippen LogP contribution in [0, 0.1) is 20.2 Å². The zero-order valence-corrected chi connectivity index (χ0v) is 19.0. The Labute approximate surface area is 212 Å². The molecule has 5 rings (SSSR count). The van der Waals surface area contributed by atoms with E-state index in [1.807, 2.05) is 0 Å². The van der Waals surface area contributed by atoms with E-state index in [4.69, 9.17) is 0 Å². The molecule has 0 fully saturated rings. The Morgan fingerprint density at radius 3 is 1.74 bits per heavy atom. The van der Waals surface area contributed by atoms with Crippen molar-refractivity contribution in [1.29, 1.82) is 0 Å². The Kier molecular flexibility index (Phi) is 5.73. The van der Waals surface area contributed by atoms with Crippen LogP contribution in [0.2, 0.25) is 0 Å². The van der Waals surface area contributed by atoms with Gasteiger partial charge < -0.3 is 0 Å². The first-order valence-electron chi connectivity index (χ1n) is 10.7. The lowest BCUT2D eigenvalue weighted by atomic mass is 10.0. The molecule has 9 nitrogen and oxygen atoms in total. The predicted molar refractivity (Wildman–Crippen MR) is 125 cm³/mol. The van der Waals surface area contributed by atoms with E-state index in [1.165, 1.54) is 30.5 Å². The minimum Gasteiger partial charge on any atom is -0.276 e. The van der Waals surface area contributed by atoms with Crippen molar-refractivity contribution in [3.05, 3.63) is 98.3 Å². The maximum atomic E-state index is 14.1. The molecule has 0 aliphatic rings. The van der Waals surface area contributed by atoms with Crippen LogP contribution < -0.4 is 0 Å². The monoisotopic (exact) mass is 547 g/mol. The van der Waals surface area contributed by atoms with Crippen LogP contribution in [0.4, 0.5) is 37.7 Å². The van der Waals surface area contributed by atoms with E-state index >= 15 is 0 Å². The summed E-state index contributed by atoms with van der Waals surface area (Å²) in [5.74, 6) is 0. The average molecular weight is 547 g/mol. The number of hydrogen-bond acceptors (Lipinski definition) is 6. The molecule has 3 aromatic heterocycles. The van der Waals surface area contributed by atoms with Gasteiger partial charge in [0.15, 0.2) is 0 Å². The van der Waals surface area contributed by atoms with Crippen LogP contribution in [0.1, 0.15) is 11.3 Å². The van der Waals surface area contributed by atoms with Gasteiger partial charge in [-0.2, -0.15) is 26.3 Å². The zero-order chi connectivity index (χ0) is 28.3. The van der Waals surface area contributed by atoms with Gasteiger partial charge in [0.05, 0.1) is 27.3 Å². The second-order valence-electron chi connectivity index (χ2n) is 8.26. The SMILES string of the molecule is O=[N+]([O-])c1ccc(-c2cc3c(C(F)(F)F)cc(C(F)(F)F)nc3n3c(-c4ccc([N+](=O)[O-])cc4)cnc23)cc1. The van der Waals surface area contributed by atoms with Crippen LogP contribution in [-0.2, 0) is 12.4 Å². The number of benzene rings is 2. The minimum absolute atomic E-state index is 0.00797. The smallest absolute Gasteiger partial charge is 0.276 e. The molecular formula is C24H11F6N5O4. The lowest BCUT2D eigenvalue weighted by Crippen LogP contribution is -2.15. The highest BCUT2D eigenvalue weighted by molar-refractivity contribution is 5.94. The van der Waals surface area contributed by atoms with Crippen LogP contribution in [-0.4, -0.2) is 24.2 Å². The number of non-ortho nitro benzene ring substituents is 2. The summed E-state index contributed by atoms with van der Waals surface area (Å²) in [4.78, 5) is 28.5. The molecule has 198 valence electrons. The van der Waals surface area contributed by atoms with Gasteiger partial charge in [-0.25, -0.2) is 9.97 Å². The third-order valence-corrected chi connectivity index (χ3v) is 5.90. The molecule has 0 aliphatic carbocycles. The standard InChI is InChI=1S/C24H11F6N5O4/c25-23(26,27)18-10-20(24(28,29)30)32-22-17(18)9-16(12-1-5-14(6-2-12)34(36)37)21-31-11-19(33(21)22)13-3-7-15(8-4-13)35(38)39/h1-11H. The van der Waals surface area contributed by atoms with Crippen molar-refractivity contribution in [2.45, 2.75) is 12.4 Å². The van der Waals surface area contributed by atoms with Crippen molar-refractivity contribution >= 4 is 28.1 Å². The molecule has 0 atom stereocenters. The first kappa shape index (κ1) is 25.6. The zero-order valence-electron chi connectivity index (χ0n) is 19.0. The van der Waals surface area contributed by atoms with E-state index in [2.05, 4.69) is 9.97 Å². The maximum absolute atomic E-state index is 14.1. The van der Waals surface area contributed by atoms with Crippen molar-refractivity contribution in [2.24, 2.45) is 0 Å². The lowest BCUT2D eigenvalue weighted by Gasteiger charge is -2.17. The normalized spacial score (nSPS) is 12.3. The Morgan fingerprint density at radius 2 is 1.26 bits per heavy atom. The highest BCUT2D eigenvalue weighted by Crippen LogP contribution is 2.42. The first-order valence-corrected chi connectivity index (χ1v) is 10.7. The van der Waals surface area contributed by atoms with Crippen molar-refractivity contribution in [2.75, 3.05) is 0 Å². The molecule has 0 spiro atoms. The lowest BCUT2D eigenvalue weighted by molar-refractivity contribution is -0.385. The molecule has 0 unspecified atom stereocenters. The fourth-order valence-electron chi connectivity index (χ4n) is 4.13. The number of rotatable bonds is 4. The summed E-state index contributed by atoms with van der Waals surface area (Å²) in [6.45, 7) is 0. The third-order valence-electron chi connectivity index (χ3n) is 5.90.